The summed E-state index contributed by atoms with van der Waals surface area (Å²) in [5, 5.41) is 13.4. The van der Waals surface area contributed by atoms with Gasteiger partial charge in [0.05, 0.1) is 6.04 Å². The summed E-state index contributed by atoms with van der Waals surface area (Å²) in [7, 11) is 0. The highest BCUT2D eigenvalue weighted by atomic mass is 32.1. The van der Waals surface area contributed by atoms with Crippen molar-refractivity contribution < 1.29 is 19.5 Å². The lowest BCUT2D eigenvalue weighted by Gasteiger charge is -2.20. The number of carboxylic acid groups (broad SMARTS) is 1. The molecule has 1 aromatic carbocycles. The summed E-state index contributed by atoms with van der Waals surface area (Å²) >= 11 is 3.93. The van der Waals surface area contributed by atoms with Crippen molar-refractivity contribution in [1.82, 2.24) is 10.6 Å². The van der Waals surface area contributed by atoms with Crippen molar-refractivity contribution in [2.45, 2.75) is 18.5 Å². The maximum Gasteiger partial charge on any atom is 0.322 e. The van der Waals surface area contributed by atoms with Crippen molar-refractivity contribution in [3.63, 3.8) is 0 Å². The van der Waals surface area contributed by atoms with E-state index in [4.69, 9.17) is 10.8 Å². The first-order chi connectivity index (χ1) is 10.4. The Morgan fingerprint density at radius 1 is 1.18 bits per heavy atom. The molecule has 2 unspecified atom stereocenters. The van der Waals surface area contributed by atoms with E-state index in [1.165, 1.54) is 0 Å². The number of hydrogen-bond donors (Lipinski definition) is 5. The van der Waals surface area contributed by atoms with Crippen molar-refractivity contribution in [2.75, 3.05) is 12.3 Å². The Morgan fingerprint density at radius 3 is 2.36 bits per heavy atom. The second kappa shape index (κ2) is 9.06. The Hall–Kier alpha value is -2.06. The smallest absolute Gasteiger partial charge is 0.322 e. The Balaban J connectivity index is 2.77. The zero-order chi connectivity index (χ0) is 16.5. The molecular formula is C14H19N3O4S. The van der Waals surface area contributed by atoms with E-state index in [9.17, 15) is 14.4 Å². The Bertz CT molecular complexity index is 524. The molecule has 8 heteroatoms. The van der Waals surface area contributed by atoms with Crippen molar-refractivity contribution in [1.29, 1.82) is 0 Å². The van der Waals surface area contributed by atoms with E-state index in [1.54, 1.807) is 0 Å². The molecule has 2 amide bonds. The summed E-state index contributed by atoms with van der Waals surface area (Å²) in [6.07, 6.45) is 0.233. The first-order valence-electron chi connectivity index (χ1n) is 6.64. The molecule has 0 saturated heterocycles. The lowest BCUT2D eigenvalue weighted by molar-refractivity contribution is -0.138. The number of hydrogen-bond acceptors (Lipinski definition) is 5. The number of nitrogens with two attached hydrogens (primary N) is 1. The maximum absolute atomic E-state index is 12.0. The number of benzene rings is 1. The number of rotatable bonds is 8. The topological polar surface area (TPSA) is 122 Å². The van der Waals surface area contributed by atoms with Crippen molar-refractivity contribution in [3.05, 3.63) is 35.9 Å². The zero-order valence-electron chi connectivity index (χ0n) is 11.9. The molecule has 22 heavy (non-hydrogen) atoms. The van der Waals surface area contributed by atoms with Gasteiger partial charge in [0.2, 0.25) is 11.8 Å². The van der Waals surface area contributed by atoms with Crippen LogP contribution >= 0.6 is 12.6 Å². The average molecular weight is 325 g/mol. The average Bonchev–Trinajstić information content (AvgIpc) is 2.51. The van der Waals surface area contributed by atoms with Gasteiger partial charge in [-0.1, -0.05) is 30.3 Å². The summed E-state index contributed by atoms with van der Waals surface area (Å²) in [5.41, 5.74) is 6.40. The number of nitrogens with one attached hydrogen (secondary N) is 2. The molecule has 0 spiro atoms. The summed E-state index contributed by atoms with van der Waals surface area (Å²) in [5.74, 6) is -2.11. The maximum atomic E-state index is 12.0. The molecule has 1 rings (SSSR count). The number of aliphatic carboxylic acids is 1. The number of amides is 2. The number of carbonyl (C=O) groups is 3. The fraction of sp³-hybridized carbons (Fsp3) is 0.357. The molecule has 0 aromatic heterocycles. The molecule has 0 heterocycles. The van der Waals surface area contributed by atoms with Gasteiger partial charge in [0, 0.05) is 12.2 Å². The molecule has 0 radical (unpaired) electrons. The predicted molar refractivity (Wildman–Crippen MR) is 84.6 cm³/mol. The zero-order valence-corrected chi connectivity index (χ0v) is 12.8. The molecule has 0 aliphatic heterocycles. The minimum absolute atomic E-state index is 0.140. The van der Waals surface area contributed by atoms with E-state index in [2.05, 4.69) is 23.3 Å². The van der Waals surface area contributed by atoms with Gasteiger partial charge in [0.15, 0.2) is 0 Å². The van der Waals surface area contributed by atoms with Gasteiger partial charge in [0.1, 0.15) is 12.6 Å². The first kappa shape index (κ1) is 18.0. The fourth-order valence-electron chi connectivity index (χ4n) is 1.71. The van der Waals surface area contributed by atoms with Gasteiger partial charge < -0.3 is 21.5 Å². The molecule has 0 aliphatic carbocycles. The van der Waals surface area contributed by atoms with Gasteiger partial charge in [-0.15, -0.1) is 0 Å². The van der Waals surface area contributed by atoms with Crippen LogP contribution in [0.3, 0.4) is 0 Å². The highest BCUT2D eigenvalue weighted by Crippen LogP contribution is 2.04. The fourth-order valence-corrected chi connectivity index (χ4v) is 1.87. The minimum Gasteiger partial charge on any atom is -0.480 e. The van der Waals surface area contributed by atoms with Crippen LogP contribution in [0.25, 0.3) is 0 Å². The van der Waals surface area contributed by atoms with Gasteiger partial charge in [0.25, 0.3) is 0 Å². The van der Waals surface area contributed by atoms with Gasteiger partial charge >= 0.3 is 5.97 Å². The van der Waals surface area contributed by atoms with Crippen LogP contribution in [0.1, 0.15) is 5.56 Å². The van der Waals surface area contributed by atoms with E-state index in [0.29, 0.717) is 0 Å². The van der Waals surface area contributed by atoms with Crippen LogP contribution in [-0.2, 0) is 20.8 Å². The van der Waals surface area contributed by atoms with Crippen LogP contribution < -0.4 is 16.4 Å². The third-order valence-electron chi connectivity index (χ3n) is 2.86. The number of carboxylic acids is 1. The normalized spacial score (nSPS) is 13.0. The van der Waals surface area contributed by atoms with E-state index < -0.39 is 36.4 Å². The highest BCUT2D eigenvalue weighted by Gasteiger charge is 2.23. The molecule has 7 nitrogen and oxygen atoms in total. The van der Waals surface area contributed by atoms with E-state index in [-0.39, 0.29) is 12.2 Å². The standard InChI is InChI=1S/C14H19N3O4S/c15-10(8-22)13(20)17-11(14(21)16-7-12(18)19)6-9-4-2-1-3-5-9/h1-5,10-11,22H,6-8,15H2,(H,16,21)(H,17,20)(H,18,19). The van der Waals surface area contributed by atoms with E-state index in [1.807, 2.05) is 30.3 Å². The van der Waals surface area contributed by atoms with Crippen molar-refractivity contribution in [3.8, 4) is 0 Å². The van der Waals surface area contributed by atoms with Gasteiger partial charge in [-0.05, 0) is 5.56 Å². The minimum atomic E-state index is -1.16. The summed E-state index contributed by atoms with van der Waals surface area (Å²) < 4.78 is 0. The predicted octanol–water partition coefficient (Wildman–Crippen LogP) is -0.828. The van der Waals surface area contributed by atoms with Gasteiger partial charge in [-0.2, -0.15) is 12.6 Å². The highest BCUT2D eigenvalue weighted by molar-refractivity contribution is 7.80. The quantitative estimate of drug-likeness (QED) is 0.400. The van der Waals surface area contributed by atoms with Crippen LogP contribution in [0.15, 0.2) is 30.3 Å². The summed E-state index contributed by atoms with van der Waals surface area (Å²) in [6, 6.07) is 7.32. The third kappa shape index (κ3) is 6.15. The van der Waals surface area contributed by atoms with Crippen LogP contribution in [0.4, 0.5) is 0 Å². The largest absolute Gasteiger partial charge is 0.480 e. The monoisotopic (exact) mass is 325 g/mol. The molecule has 0 aliphatic rings. The Kier molecular flexibility index (Phi) is 7.41. The van der Waals surface area contributed by atoms with Gasteiger partial charge in [-0.25, -0.2) is 0 Å². The molecule has 1 aromatic rings. The second-order valence-corrected chi connectivity index (χ2v) is 5.02. The van der Waals surface area contributed by atoms with E-state index in [0.717, 1.165) is 5.56 Å². The molecule has 5 N–H and O–H groups in total. The van der Waals surface area contributed by atoms with Crippen LogP contribution in [0, 0.1) is 0 Å². The van der Waals surface area contributed by atoms with Crippen LogP contribution in [0.2, 0.25) is 0 Å². The lowest BCUT2D eigenvalue weighted by atomic mass is 10.0. The van der Waals surface area contributed by atoms with E-state index >= 15 is 0 Å². The van der Waals surface area contributed by atoms with Gasteiger partial charge in [-0.3, -0.25) is 14.4 Å². The second-order valence-electron chi connectivity index (χ2n) is 4.65. The molecule has 2 atom stereocenters. The lowest BCUT2D eigenvalue weighted by Crippen LogP contribution is -2.53. The molecular weight excluding hydrogens is 306 g/mol. The Labute approximate surface area is 133 Å². The van der Waals surface area contributed by atoms with Crippen LogP contribution in [0.5, 0.6) is 0 Å². The molecule has 0 bridgehead atoms. The summed E-state index contributed by atoms with van der Waals surface area (Å²) in [4.78, 5) is 34.4. The number of carbonyl (C=O) groups excluding carboxylic acids is 2. The SMILES string of the molecule is NC(CS)C(=O)NC(Cc1ccccc1)C(=O)NCC(=O)O. The van der Waals surface area contributed by atoms with Crippen molar-refractivity contribution in [2.24, 2.45) is 5.73 Å². The Morgan fingerprint density at radius 2 is 1.82 bits per heavy atom. The molecule has 0 saturated carbocycles. The summed E-state index contributed by atoms with van der Waals surface area (Å²) in [6.45, 7) is -0.515. The number of thiol groups is 1. The van der Waals surface area contributed by atoms with Crippen LogP contribution in [-0.4, -0.2) is 47.3 Å². The molecule has 120 valence electrons. The van der Waals surface area contributed by atoms with Crippen molar-refractivity contribution >= 4 is 30.4 Å². The first-order valence-corrected chi connectivity index (χ1v) is 7.27. The molecule has 0 fully saturated rings. The third-order valence-corrected chi connectivity index (χ3v) is 3.26.